The van der Waals surface area contributed by atoms with Crippen molar-refractivity contribution in [1.29, 1.82) is 0 Å². The third kappa shape index (κ3) is 2.43. The van der Waals surface area contributed by atoms with Gasteiger partial charge in [0.1, 0.15) is 5.75 Å². The molecular formula is C9H12BrNO2. The zero-order valence-corrected chi connectivity index (χ0v) is 8.82. The molecule has 0 radical (unpaired) electrons. The molecule has 2 atom stereocenters. The molecule has 4 N–H and O–H groups in total. The van der Waals surface area contributed by atoms with Crippen LogP contribution in [0.2, 0.25) is 0 Å². The third-order valence-electron chi connectivity index (χ3n) is 1.88. The monoisotopic (exact) mass is 245 g/mol. The first kappa shape index (κ1) is 10.5. The van der Waals surface area contributed by atoms with E-state index in [1.54, 1.807) is 25.1 Å². The van der Waals surface area contributed by atoms with Gasteiger partial charge in [0.15, 0.2) is 0 Å². The summed E-state index contributed by atoms with van der Waals surface area (Å²) in [5.74, 6) is 0.168. The zero-order valence-electron chi connectivity index (χ0n) is 7.24. The summed E-state index contributed by atoms with van der Waals surface area (Å²) in [5.41, 5.74) is 6.50. The molecule has 0 unspecified atom stereocenters. The lowest BCUT2D eigenvalue weighted by molar-refractivity contribution is 0.164. The predicted octanol–water partition coefficient (Wildman–Crippen LogP) is 1.54. The Bertz CT molecular complexity index is 302. The van der Waals surface area contributed by atoms with Crippen molar-refractivity contribution in [2.24, 2.45) is 5.73 Å². The highest BCUT2D eigenvalue weighted by atomic mass is 79.9. The van der Waals surface area contributed by atoms with E-state index in [0.29, 0.717) is 4.47 Å². The number of rotatable bonds is 2. The van der Waals surface area contributed by atoms with Crippen LogP contribution in [0.3, 0.4) is 0 Å². The van der Waals surface area contributed by atoms with Crippen molar-refractivity contribution in [3.63, 3.8) is 0 Å². The summed E-state index contributed by atoms with van der Waals surface area (Å²) in [5, 5.41) is 18.4. The van der Waals surface area contributed by atoms with E-state index in [1.165, 1.54) is 0 Å². The van der Waals surface area contributed by atoms with Crippen LogP contribution >= 0.6 is 15.9 Å². The van der Waals surface area contributed by atoms with Crippen LogP contribution in [0.5, 0.6) is 5.75 Å². The first-order valence-electron chi connectivity index (χ1n) is 3.94. The summed E-state index contributed by atoms with van der Waals surface area (Å²) in [6, 6.07) is 4.52. The summed E-state index contributed by atoms with van der Waals surface area (Å²) >= 11 is 3.18. The van der Waals surface area contributed by atoms with Crippen molar-refractivity contribution in [2.75, 3.05) is 0 Å². The molecular weight excluding hydrogens is 234 g/mol. The lowest BCUT2D eigenvalue weighted by Gasteiger charge is -2.15. The minimum atomic E-state index is -0.601. The SMILES string of the molecule is C[C@H](O)[C@H](N)c1ccc(O)c(Br)c1. The van der Waals surface area contributed by atoms with E-state index in [-0.39, 0.29) is 5.75 Å². The Morgan fingerprint density at radius 1 is 1.46 bits per heavy atom. The number of hydrogen-bond acceptors (Lipinski definition) is 3. The molecule has 1 aromatic rings. The molecule has 1 rings (SSSR count). The quantitative estimate of drug-likeness (QED) is 0.741. The Balaban J connectivity index is 2.97. The average Bonchev–Trinajstić information content (AvgIpc) is 2.08. The highest BCUT2D eigenvalue weighted by Gasteiger charge is 2.12. The average molecular weight is 246 g/mol. The Labute approximate surface area is 85.3 Å². The maximum absolute atomic E-state index is 9.23. The first-order valence-corrected chi connectivity index (χ1v) is 4.73. The fourth-order valence-corrected chi connectivity index (χ4v) is 1.41. The maximum Gasteiger partial charge on any atom is 0.129 e. The largest absolute Gasteiger partial charge is 0.507 e. The number of nitrogens with two attached hydrogens (primary N) is 1. The molecule has 0 aromatic heterocycles. The lowest BCUT2D eigenvalue weighted by atomic mass is 10.0. The van der Waals surface area contributed by atoms with E-state index < -0.39 is 12.1 Å². The van der Waals surface area contributed by atoms with Gasteiger partial charge in [-0.15, -0.1) is 0 Å². The summed E-state index contributed by atoms with van der Waals surface area (Å²) in [4.78, 5) is 0. The van der Waals surface area contributed by atoms with Crippen LogP contribution in [-0.4, -0.2) is 16.3 Å². The zero-order chi connectivity index (χ0) is 10.0. The highest BCUT2D eigenvalue weighted by molar-refractivity contribution is 9.10. The number of halogens is 1. The molecule has 0 fully saturated rings. The number of aliphatic hydroxyl groups excluding tert-OH is 1. The molecule has 0 amide bonds. The summed E-state index contributed by atoms with van der Waals surface area (Å²) < 4.78 is 0.584. The summed E-state index contributed by atoms with van der Waals surface area (Å²) in [7, 11) is 0. The van der Waals surface area contributed by atoms with Crippen molar-refractivity contribution in [3.8, 4) is 5.75 Å². The molecule has 0 aliphatic rings. The topological polar surface area (TPSA) is 66.5 Å². The molecule has 13 heavy (non-hydrogen) atoms. The van der Waals surface area contributed by atoms with Crippen LogP contribution in [-0.2, 0) is 0 Å². The standard InChI is InChI=1S/C9H12BrNO2/c1-5(12)9(11)6-2-3-8(13)7(10)4-6/h2-5,9,12-13H,11H2,1H3/t5-,9-/m0/s1. The van der Waals surface area contributed by atoms with Crippen LogP contribution < -0.4 is 5.73 Å². The number of aliphatic hydroxyl groups is 1. The first-order chi connectivity index (χ1) is 6.02. The number of hydrogen-bond donors (Lipinski definition) is 3. The molecule has 0 saturated heterocycles. The van der Waals surface area contributed by atoms with E-state index in [4.69, 9.17) is 5.73 Å². The summed E-state index contributed by atoms with van der Waals surface area (Å²) in [6.45, 7) is 1.63. The Morgan fingerprint density at radius 3 is 2.54 bits per heavy atom. The van der Waals surface area contributed by atoms with Gasteiger partial charge in [-0.1, -0.05) is 6.07 Å². The normalized spacial score (nSPS) is 15.4. The minimum Gasteiger partial charge on any atom is -0.507 e. The van der Waals surface area contributed by atoms with Gasteiger partial charge in [-0.2, -0.15) is 0 Å². The van der Waals surface area contributed by atoms with Gasteiger partial charge < -0.3 is 15.9 Å². The van der Waals surface area contributed by atoms with E-state index in [9.17, 15) is 10.2 Å². The van der Waals surface area contributed by atoms with E-state index >= 15 is 0 Å². The maximum atomic E-state index is 9.23. The fourth-order valence-electron chi connectivity index (χ4n) is 1.01. The highest BCUT2D eigenvalue weighted by Crippen LogP contribution is 2.27. The van der Waals surface area contributed by atoms with E-state index in [0.717, 1.165) is 5.56 Å². The number of benzene rings is 1. The van der Waals surface area contributed by atoms with Crippen molar-refractivity contribution in [3.05, 3.63) is 28.2 Å². The van der Waals surface area contributed by atoms with Crippen LogP contribution in [0.1, 0.15) is 18.5 Å². The molecule has 0 bridgehead atoms. The molecule has 1 aromatic carbocycles. The molecule has 0 aliphatic carbocycles. The van der Waals surface area contributed by atoms with Gasteiger partial charge in [0, 0.05) is 0 Å². The molecule has 72 valence electrons. The smallest absolute Gasteiger partial charge is 0.129 e. The van der Waals surface area contributed by atoms with Crippen LogP contribution in [0, 0.1) is 0 Å². The second-order valence-electron chi connectivity index (χ2n) is 2.98. The van der Waals surface area contributed by atoms with Crippen molar-refractivity contribution < 1.29 is 10.2 Å². The van der Waals surface area contributed by atoms with Crippen molar-refractivity contribution >= 4 is 15.9 Å². The van der Waals surface area contributed by atoms with Gasteiger partial charge in [0.25, 0.3) is 0 Å². The Hall–Kier alpha value is -0.580. The second kappa shape index (κ2) is 4.09. The van der Waals surface area contributed by atoms with Gasteiger partial charge in [-0.05, 0) is 40.5 Å². The van der Waals surface area contributed by atoms with E-state index in [2.05, 4.69) is 15.9 Å². The van der Waals surface area contributed by atoms with Gasteiger partial charge >= 0.3 is 0 Å². The van der Waals surface area contributed by atoms with Crippen molar-refractivity contribution in [2.45, 2.75) is 19.1 Å². The number of phenols is 1. The molecule has 0 heterocycles. The fraction of sp³-hybridized carbons (Fsp3) is 0.333. The molecule has 0 saturated carbocycles. The van der Waals surface area contributed by atoms with E-state index in [1.807, 2.05) is 0 Å². The molecule has 3 nitrogen and oxygen atoms in total. The number of phenolic OH excluding ortho intramolecular Hbond substituents is 1. The van der Waals surface area contributed by atoms with Crippen LogP contribution in [0.15, 0.2) is 22.7 Å². The lowest BCUT2D eigenvalue weighted by Crippen LogP contribution is -2.22. The third-order valence-corrected chi connectivity index (χ3v) is 2.51. The van der Waals surface area contributed by atoms with Gasteiger partial charge in [0.05, 0.1) is 16.6 Å². The Kier molecular flexibility index (Phi) is 3.30. The van der Waals surface area contributed by atoms with Gasteiger partial charge in [-0.3, -0.25) is 0 Å². The van der Waals surface area contributed by atoms with Crippen LogP contribution in [0.4, 0.5) is 0 Å². The van der Waals surface area contributed by atoms with Crippen LogP contribution in [0.25, 0.3) is 0 Å². The number of aromatic hydroxyl groups is 1. The minimum absolute atomic E-state index is 0.168. The second-order valence-corrected chi connectivity index (χ2v) is 3.83. The molecule has 0 aliphatic heterocycles. The summed E-state index contributed by atoms with van der Waals surface area (Å²) in [6.07, 6.45) is -0.601. The predicted molar refractivity (Wildman–Crippen MR) is 54.4 cm³/mol. The van der Waals surface area contributed by atoms with Crippen molar-refractivity contribution in [1.82, 2.24) is 0 Å². The van der Waals surface area contributed by atoms with Gasteiger partial charge in [0.2, 0.25) is 0 Å². The Morgan fingerprint density at radius 2 is 2.08 bits per heavy atom. The molecule has 0 spiro atoms. The molecule has 4 heteroatoms. The van der Waals surface area contributed by atoms with Gasteiger partial charge in [-0.25, -0.2) is 0 Å².